The van der Waals surface area contributed by atoms with E-state index in [0.717, 1.165) is 0 Å². The Morgan fingerprint density at radius 1 is 1.09 bits per heavy atom. The molecule has 1 atom stereocenters. The molecule has 0 spiro atoms. The number of rotatable bonds is 8. The summed E-state index contributed by atoms with van der Waals surface area (Å²) in [5.41, 5.74) is 1.07. The van der Waals surface area contributed by atoms with Gasteiger partial charge in [0.25, 0.3) is 10.0 Å². The number of amides is 2. The van der Waals surface area contributed by atoms with Crippen molar-refractivity contribution in [2.75, 3.05) is 28.1 Å². The quantitative estimate of drug-likeness (QED) is 0.511. The zero-order valence-electron chi connectivity index (χ0n) is 18.5. The van der Waals surface area contributed by atoms with Gasteiger partial charge in [-0.05, 0) is 55.5 Å². The first-order valence-corrected chi connectivity index (χ1v) is 12.2. The van der Waals surface area contributed by atoms with Gasteiger partial charge in [-0.3, -0.25) is 14.3 Å². The lowest BCUT2D eigenvalue weighted by Gasteiger charge is -2.20. The van der Waals surface area contributed by atoms with E-state index in [1.54, 1.807) is 35.2 Å². The van der Waals surface area contributed by atoms with E-state index in [4.69, 9.17) is 4.74 Å². The third kappa shape index (κ3) is 5.18. The lowest BCUT2D eigenvalue weighted by Crippen LogP contribution is -2.28. The number of anilines is 3. The fourth-order valence-electron chi connectivity index (χ4n) is 3.66. The van der Waals surface area contributed by atoms with Crippen LogP contribution in [0, 0.1) is 5.92 Å². The highest BCUT2D eigenvalue weighted by Gasteiger charge is 2.36. The molecule has 3 aromatic rings. The summed E-state index contributed by atoms with van der Waals surface area (Å²) in [4.78, 5) is 31.0. The minimum Gasteiger partial charge on any atom is -0.492 e. The topological polar surface area (TPSA) is 118 Å². The molecule has 2 N–H and O–H groups in total. The number of nitrogens with zero attached hydrogens (tertiary/aromatic N) is 2. The lowest BCUT2D eigenvalue weighted by molar-refractivity contribution is -0.122. The highest BCUT2D eigenvalue weighted by Crippen LogP contribution is 2.33. The van der Waals surface area contributed by atoms with Crippen molar-refractivity contribution in [2.24, 2.45) is 5.92 Å². The van der Waals surface area contributed by atoms with Crippen LogP contribution >= 0.6 is 0 Å². The second-order valence-corrected chi connectivity index (χ2v) is 9.32. The van der Waals surface area contributed by atoms with Crippen molar-refractivity contribution in [3.63, 3.8) is 0 Å². The van der Waals surface area contributed by atoms with Crippen molar-refractivity contribution in [2.45, 2.75) is 18.2 Å². The zero-order valence-corrected chi connectivity index (χ0v) is 19.3. The van der Waals surface area contributed by atoms with Crippen molar-refractivity contribution in [1.82, 2.24) is 4.98 Å². The predicted molar refractivity (Wildman–Crippen MR) is 128 cm³/mol. The molecule has 10 heteroatoms. The Morgan fingerprint density at radius 3 is 2.53 bits per heavy atom. The molecule has 1 fully saturated rings. The summed E-state index contributed by atoms with van der Waals surface area (Å²) in [5.74, 6) is -0.213. The number of hydrogen-bond donors (Lipinski definition) is 2. The SMILES string of the molecule is CCOc1ccccc1N1CC(C(=O)Nc2ccc(S(=O)(=O)Nc3ccccn3)cc2)CC1=O. The van der Waals surface area contributed by atoms with Crippen molar-refractivity contribution in [3.8, 4) is 5.75 Å². The summed E-state index contributed by atoms with van der Waals surface area (Å²) >= 11 is 0. The van der Waals surface area contributed by atoms with E-state index < -0.39 is 15.9 Å². The largest absolute Gasteiger partial charge is 0.492 e. The minimum absolute atomic E-state index is 0.0332. The number of hydrogen-bond acceptors (Lipinski definition) is 6. The Morgan fingerprint density at radius 2 is 1.82 bits per heavy atom. The lowest BCUT2D eigenvalue weighted by atomic mass is 10.1. The molecule has 34 heavy (non-hydrogen) atoms. The molecule has 2 amide bonds. The van der Waals surface area contributed by atoms with Crippen LogP contribution in [0.3, 0.4) is 0 Å². The van der Waals surface area contributed by atoms with Crippen LogP contribution in [-0.4, -0.2) is 38.4 Å². The summed E-state index contributed by atoms with van der Waals surface area (Å²) in [6.07, 6.45) is 1.56. The molecule has 2 heterocycles. The summed E-state index contributed by atoms with van der Waals surface area (Å²) in [7, 11) is -3.82. The van der Waals surface area contributed by atoms with Gasteiger partial charge >= 0.3 is 0 Å². The first-order valence-electron chi connectivity index (χ1n) is 10.7. The molecule has 1 aliphatic heterocycles. The van der Waals surface area contributed by atoms with Gasteiger partial charge in [-0.2, -0.15) is 0 Å². The molecule has 1 aromatic heterocycles. The van der Waals surface area contributed by atoms with Crippen LogP contribution in [0.4, 0.5) is 17.2 Å². The van der Waals surface area contributed by atoms with Gasteiger partial charge < -0.3 is 15.0 Å². The van der Waals surface area contributed by atoms with E-state index >= 15 is 0 Å². The van der Waals surface area contributed by atoms with Gasteiger partial charge in [0.05, 0.1) is 23.1 Å². The Balaban J connectivity index is 1.41. The number of aromatic nitrogens is 1. The average molecular weight is 481 g/mol. The van der Waals surface area contributed by atoms with Crippen molar-refractivity contribution in [1.29, 1.82) is 0 Å². The molecule has 0 bridgehead atoms. The fourth-order valence-corrected chi connectivity index (χ4v) is 4.66. The number of sulfonamides is 1. The maximum atomic E-state index is 12.8. The Kier molecular flexibility index (Phi) is 6.78. The summed E-state index contributed by atoms with van der Waals surface area (Å²) in [6, 6.07) is 17.9. The third-order valence-electron chi connectivity index (χ3n) is 5.29. The van der Waals surface area contributed by atoms with Crippen molar-refractivity contribution >= 4 is 39.0 Å². The van der Waals surface area contributed by atoms with Gasteiger partial charge in [0.1, 0.15) is 11.6 Å². The number of carbonyl (C=O) groups excluding carboxylic acids is 2. The van der Waals surface area contributed by atoms with Crippen LogP contribution in [0.5, 0.6) is 5.75 Å². The summed E-state index contributed by atoms with van der Waals surface area (Å²) < 4.78 is 33.1. The third-order valence-corrected chi connectivity index (χ3v) is 6.66. The van der Waals surface area contributed by atoms with E-state index in [-0.39, 0.29) is 35.5 Å². The van der Waals surface area contributed by atoms with E-state index in [1.165, 1.54) is 30.5 Å². The van der Waals surface area contributed by atoms with Gasteiger partial charge in [0.15, 0.2) is 0 Å². The average Bonchev–Trinajstić information content (AvgIpc) is 3.22. The molecule has 1 saturated heterocycles. The molecular formula is C24H24N4O5S. The van der Waals surface area contributed by atoms with Gasteiger partial charge in [-0.1, -0.05) is 18.2 Å². The monoisotopic (exact) mass is 480 g/mol. The number of benzene rings is 2. The Hall–Kier alpha value is -3.92. The van der Waals surface area contributed by atoms with Gasteiger partial charge in [-0.15, -0.1) is 0 Å². The number of para-hydroxylation sites is 2. The fraction of sp³-hybridized carbons (Fsp3) is 0.208. The van der Waals surface area contributed by atoms with E-state index in [0.29, 0.717) is 23.7 Å². The molecular weight excluding hydrogens is 456 g/mol. The van der Waals surface area contributed by atoms with Crippen LogP contribution in [0.25, 0.3) is 0 Å². The van der Waals surface area contributed by atoms with Crippen molar-refractivity contribution in [3.05, 3.63) is 72.9 Å². The number of nitrogens with one attached hydrogen (secondary N) is 2. The minimum atomic E-state index is -3.82. The Bertz CT molecular complexity index is 1280. The molecule has 1 unspecified atom stereocenters. The van der Waals surface area contributed by atoms with E-state index in [9.17, 15) is 18.0 Å². The summed E-state index contributed by atoms with van der Waals surface area (Å²) in [6.45, 7) is 2.56. The molecule has 176 valence electrons. The number of carbonyl (C=O) groups is 2. The van der Waals surface area contributed by atoms with Gasteiger partial charge in [-0.25, -0.2) is 13.4 Å². The highest BCUT2D eigenvalue weighted by molar-refractivity contribution is 7.92. The molecule has 0 aliphatic carbocycles. The molecule has 0 radical (unpaired) electrons. The second kappa shape index (κ2) is 9.92. The molecule has 1 aliphatic rings. The molecule has 2 aromatic carbocycles. The van der Waals surface area contributed by atoms with Gasteiger partial charge in [0.2, 0.25) is 11.8 Å². The number of pyridine rings is 1. The Labute approximate surface area is 197 Å². The maximum absolute atomic E-state index is 12.8. The van der Waals surface area contributed by atoms with Crippen LogP contribution in [0.2, 0.25) is 0 Å². The molecule has 4 rings (SSSR count). The van der Waals surface area contributed by atoms with Crippen LogP contribution in [0.15, 0.2) is 77.8 Å². The second-order valence-electron chi connectivity index (χ2n) is 7.64. The zero-order chi connectivity index (χ0) is 24.1. The smallest absolute Gasteiger partial charge is 0.263 e. The van der Waals surface area contributed by atoms with Crippen LogP contribution in [0.1, 0.15) is 13.3 Å². The van der Waals surface area contributed by atoms with Crippen molar-refractivity contribution < 1.29 is 22.7 Å². The molecule has 0 saturated carbocycles. The first kappa shape index (κ1) is 23.2. The van der Waals surface area contributed by atoms with Crippen LogP contribution < -0.4 is 19.7 Å². The predicted octanol–water partition coefficient (Wildman–Crippen LogP) is 3.27. The summed E-state index contributed by atoms with van der Waals surface area (Å²) in [5, 5.41) is 2.77. The normalized spacial score (nSPS) is 15.7. The van der Waals surface area contributed by atoms with E-state index in [2.05, 4.69) is 15.0 Å². The van der Waals surface area contributed by atoms with E-state index in [1.807, 2.05) is 19.1 Å². The standard InChI is InChI=1S/C24H24N4O5S/c1-2-33-21-8-4-3-7-20(21)28-16-17(15-23(28)29)24(30)26-18-10-12-19(13-11-18)34(31,32)27-22-9-5-6-14-25-22/h3-14,17H,2,15-16H2,1H3,(H,25,27)(H,26,30). The molecule has 9 nitrogen and oxygen atoms in total. The number of ether oxygens (including phenoxy) is 1. The first-order chi connectivity index (χ1) is 16.4. The van der Waals surface area contributed by atoms with Crippen LogP contribution in [-0.2, 0) is 19.6 Å². The maximum Gasteiger partial charge on any atom is 0.263 e. The van der Waals surface area contributed by atoms with Gasteiger partial charge in [0, 0.05) is 24.8 Å². The highest BCUT2D eigenvalue weighted by atomic mass is 32.2.